The lowest BCUT2D eigenvalue weighted by atomic mass is 10.1. The van der Waals surface area contributed by atoms with E-state index in [4.69, 9.17) is 0 Å². The average molecular weight is 471 g/mol. The highest BCUT2D eigenvalue weighted by Gasteiger charge is 2.38. The van der Waals surface area contributed by atoms with Gasteiger partial charge in [0.25, 0.3) is 17.5 Å². The largest absolute Gasteiger partial charge is 0.337 e. The van der Waals surface area contributed by atoms with Gasteiger partial charge in [-0.25, -0.2) is 4.98 Å². The molecule has 0 spiro atoms. The summed E-state index contributed by atoms with van der Waals surface area (Å²) in [7, 11) is 0. The molecule has 33 heavy (non-hydrogen) atoms. The standard InChI is InChI=1S/C21H21N5O6S/c1-11(2)7-18(28)24-6-5-15-16(9-24)33-21(22-15)23-17(27)10-25-19(29)13-4-3-12(26(31)32)8-14(13)20(25)30/h3-4,8,11H,5-7,9-10H2,1-2H3,(H,22,23,27). The summed E-state index contributed by atoms with van der Waals surface area (Å²) in [5, 5.41) is 13.9. The van der Waals surface area contributed by atoms with Crippen molar-refractivity contribution in [1.82, 2.24) is 14.8 Å². The molecular formula is C21H21N5O6S. The van der Waals surface area contributed by atoms with Gasteiger partial charge in [0.15, 0.2) is 5.13 Å². The minimum atomic E-state index is -0.758. The maximum absolute atomic E-state index is 12.6. The van der Waals surface area contributed by atoms with Crippen molar-refractivity contribution in [2.75, 3.05) is 18.4 Å². The molecule has 0 aliphatic carbocycles. The first kappa shape index (κ1) is 22.5. The minimum Gasteiger partial charge on any atom is -0.337 e. The first-order valence-electron chi connectivity index (χ1n) is 10.3. The Bertz CT molecular complexity index is 1190. The number of fused-ring (bicyclic) bond motifs is 2. The quantitative estimate of drug-likeness (QED) is 0.386. The van der Waals surface area contributed by atoms with E-state index in [0.717, 1.165) is 27.6 Å². The summed E-state index contributed by atoms with van der Waals surface area (Å²) in [5.41, 5.74) is 0.430. The second-order valence-corrected chi connectivity index (χ2v) is 9.37. The predicted molar refractivity (Wildman–Crippen MR) is 118 cm³/mol. The van der Waals surface area contributed by atoms with Gasteiger partial charge in [-0.2, -0.15) is 0 Å². The number of rotatable bonds is 6. The van der Waals surface area contributed by atoms with Crippen molar-refractivity contribution in [1.29, 1.82) is 0 Å². The molecule has 3 heterocycles. The van der Waals surface area contributed by atoms with Gasteiger partial charge in [0.2, 0.25) is 11.8 Å². The van der Waals surface area contributed by atoms with Crippen LogP contribution in [0.5, 0.6) is 0 Å². The molecule has 0 bridgehead atoms. The number of hydrogen-bond donors (Lipinski definition) is 1. The number of nitro groups is 1. The number of carbonyl (C=O) groups is 4. The molecule has 0 saturated heterocycles. The first-order chi connectivity index (χ1) is 15.6. The van der Waals surface area contributed by atoms with E-state index in [1.807, 2.05) is 13.8 Å². The van der Waals surface area contributed by atoms with Gasteiger partial charge in [0.1, 0.15) is 6.54 Å². The number of imide groups is 1. The van der Waals surface area contributed by atoms with Gasteiger partial charge in [-0.3, -0.25) is 34.2 Å². The van der Waals surface area contributed by atoms with Crippen molar-refractivity contribution >= 4 is 45.8 Å². The topological polar surface area (TPSA) is 143 Å². The van der Waals surface area contributed by atoms with Crippen LogP contribution in [0.15, 0.2) is 18.2 Å². The third kappa shape index (κ3) is 4.46. The molecule has 1 N–H and O–H groups in total. The Hall–Kier alpha value is -3.67. The third-order valence-electron chi connectivity index (χ3n) is 5.38. The average Bonchev–Trinajstić information content (AvgIpc) is 3.26. The number of thiazole rings is 1. The molecule has 2 aromatic rings. The van der Waals surface area contributed by atoms with Crippen LogP contribution in [0.2, 0.25) is 0 Å². The summed E-state index contributed by atoms with van der Waals surface area (Å²) in [4.78, 5) is 68.1. The Kier molecular flexibility index (Phi) is 5.93. The highest BCUT2D eigenvalue weighted by atomic mass is 32.1. The van der Waals surface area contributed by atoms with Crippen LogP contribution in [0.3, 0.4) is 0 Å². The molecule has 12 heteroatoms. The Morgan fingerprint density at radius 3 is 2.67 bits per heavy atom. The van der Waals surface area contributed by atoms with Crippen molar-refractivity contribution < 1.29 is 24.1 Å². The van der Waals surface area contributed by atoms with E-state index in [0.29, 0.717) is 31.1 Å². The van der Waals surface area contributed by atoms with Crippen molar-refractivity contribution in [3.05, 3.63) is 50.0 Å². The number of nitrogens with one attached hydrogen (secondary N) is 1. The van der Waals surface area contributed by atoms with Crippen molar-refractivity contribution in [2.45, 2.75) is 33.2 Å². The number of aromatic nitrogens is 1. The van der Waals surface area contributed by atoms with Crippen LogP contribution in [0, 0.1) is 16.0 Å². The molecule has 0 fully saturated rings. The summed E-state index contributed by atoms with van der Waals surface area (Å²) in [6, 6.07) is 3.39. The van der Waals surface area contributed by atoms with Crippen LogP contribution in [-0.4, -0.2) is 56.4 Å². The molecule has 172 valence electrons. The highest BCUT2D eigenvalue weighted by molar-refractivity contribution is 7.15. The maximum Gasteiger partial charge on any atom is 0.270 e. The van der Waals surface area contributed by atoms with Crippen LogP contribution < -0.4 is 5.32 Å². The Balaban J connectivity index is 1.41. The molecule has 4 rings (SSSR count). The van der Waals surface area contributed by atoms with Crippen LogP contribution in [0.4, 0.5) is 10.8 Å². The predicted octanol–water partition coefficient (Wildman–Crippen LogP) is 2.22. The lowest BCUT2D eigenvalue weighted by Gasteiger charge is -2.26. The molecule has 2 aliphatic heterocycles. The molecule has 0 saturated carbocycles. The van der Waals surface area contributed by atoms with E-state index in [1.165, 1.54) is 17.4 Å². The zero-order chi connectivity index (χ0) is 23.9. The minimum absolute atomic E-state index is 0.0225. The number of nitro benzene ring substituents is 1. The first-order valence-corrected chi connectivity index (χ1v) is 11.2. The molecule has 4 amide bonds. The lowest BCUT2D eigenvalue weighted by Crippen LogP contribution is -2.37. The van der Waals surface area contributed by atoms with Gasteiger partial charge in [0, 0.05) is 36.4 Å². The number of nitrogens with zero attached hydrogens (tertiary/aromatic N) is 4. The molecule has 1 aromatic heterocycles. The summed E-state index contributed by atoms with van der Waals surface area (Å²) in [5.74, 6) is -1.70. The monoisotopic (exact) mass is 471 g/mol. The van der Waals surface area contributed by atoms with Crippen LogP contribution in [-0.2, 0) is 22.6 Å². The number of amides is 4. The van der Waals surface area contributed by atoms with E-state index in [2.05, 4.69) is 10.3 Å². The zero-order valence-electron chi connectivity index (χ0n) is 18.0. The fourth-order valence-electron chi connectivity index (χ4n) is 3.78. The number of non-ortho nitro benzene ring substituents is 1. The number of hydrogen-bond acceptors (Lipinski definition) is 8. The van der Waals surface area contributed by atoms with Crippen molar-refractivity contribution in [3.63, 3.8) is 0 Å². The molecule has 0 atom stereocenters. The Labute approximate surface area is 192 Å². The van der Waals surface area contributed by atoms with Gasteiger partial charge in [-0.1, -0.05) is 25.2 Å². The summed E-state index contributed by atoms with van der Waals surface area (Å²) < 4.78 is 0. The maximum atomic E-state index is 12.6. The molecular weight excluding hydrogens is 450 g/mol. The third-order valence-corrected chi connectivity index (χ3v) is 6.38. The Morgan fingerprint density at radius 2 is 1.97 bits per heavy atom. The van der Waals surface area contributed by atoms with Crippen molar-refractivity contribution in [2.24, 2.45) is 5.92 Å². The molecule has 1 aromatic carbocycles. The smallest absolute Gasteiger partial charge is 0.270 e. The van der Waals surface area contributed by atoms with Gasteiger partial charge in [-0.05, 0) is 12.0 Å². The second kappa shape index (κ2) is 8.70. The second-order valence-electron chi connectivity index (χ2n) is 8.28. The lowest BCUT2D eigenvalue weighted by molar-refractivity contribution is -0.384. The number of benzene rings is 1. The van der Waals surface area contributed by atoms with Gasteiger partial charge < -0.3 is 10.2 Å². The van der Waals surface area contributed by atoms with Crippen LogP contribution in [0.1, 0.15) is 51.6 Å². The SMILES string of the molecule is CC(C)CC(=O)N1CCc2nc(NC(=O)CN3C(=O)c4ccc([N+](=O)[O-])cc4C3=O)sc2C1. The number of carbonyl (C=O) groups excluding carboxylic acids is 4. The van der Waals surface area contributed by atoms with Crippen LogP contribution >= 0.6 is 11.3 Å². The highest BCUT2D eigenvalue weighted by Crippen LogP contribution is 2.30. The normalized spacial score (nSPS) is 15.0. The van der Waals surface area contributed by atoms with Crippen LogP contribution in [0.25, 0.3) is 0 Å². The number of anilines is 1. The van der Waals surface area contributed by atoms with E-state index in [1.54, 1.807) is 4.90 Å². The molecule has 0 unspecified atom stereocenters. The summed E-state index contributed by atoms with van der Waals surface area (Å²) in [6.07, 6.45) is 1.06. The van der Waals surface area contributed by atoms with Crippen molar-refractivity contribution in [3.8, 4) is 0 Å². The van der Waals surface area contributed by atoms with Gasteiger partial charge >= 0.3 is 0 Å². The zero-order valence-corrected chi connectivity index (χ0v) is 18.8. The van der Waals surface area contributed by atoms with Gasteiger partial charge in [-0.15, -0.1) is 0 Å². The Morgan fingerprint density at radius 1 is 1.24 bits per heavy atom. The van der Waals surface area contributed by atoms with E-state index in [9.17, 15) is 29.3 Å². The molecule has 0 radical (unpaired) electrons. The van der Waals surface area contributed by atoms with Gasteiger partial charge in [0.05, 0.1) is 28.3 Å². The summed E-state index contributed by atoms with van der Waals surface area (Å²) in [6.45, 7) is 4.44. The fraction of sp³-hybridized carbons (Fsp3) is 0.381. The fourth-order valence-corrected chi connectivity index (χ4v) is 4.82. The molecule has 11 nitrogen and oxygen atoms in total. The van der Waals surface area contributed by atoms with E-state index >= 15 is 0 Å². The molecule has 2 aliphatic rings. The van der Waals surface area contributed by atoms with E-state index in [-0.39, 0.29) is 28.6 Å². The van der Waals surface area contributed by atoms with E-state index < -0.39 is 29.2 Å². The summed E-state index contributed by atoms with van der Waals surface area (Å²) >= 11 is 1.26.